The normalized spacial score (nSPS) is 10.6. The predicted molar refractivity (Wildman–Crippen MR) is 91.0 cm³/mol. The van der Waals surface area contributed by atoms with Gasteiger partial charge in [-0.3, -0.25) is 0 Å². The molecule has 0 aliphatic heterocycles. The number of aliphatic carboxylic acids is 1. The third-order valence-electron chi connectivity index (χ3n) is 2.29. The molecule has 0 atom stereocenters. The topological polar surface area (TPSA) is 61.1 Å². The molecule has 0 bridgehead atoms. The first-order chi connectivity index (χ1) is 10.5. The van der Waals surface area contributed by atoms with E-state index in [2.05, 4.69) is 13.2 Å². The zero-order valence-corrected chi connectivity index (χ0v) is 12.6. The van der Waals surface area contributed by atoms with Crippen molar-refractivity contribution in [2.24, 2.45) is 0 Å². The van der Waals surface area contributed by atoms with Crippen LogP contribution < -0.4 is 0 Å². The Kier molecular flexibility index (Phi) is 10.0. The van der Waals surface area contributed by atoms with Gasteiger partial charge in [-0.25, -0.2) is 4.79 Å². The molecule has 0 saturated carbocycles. The van der Waals surface area contributed by atoms with Crippen LogP contribution in [0.3, 0.4) is 0 Å². The summed E-state index contributed by atoms with van der Waals surface area (Å²) in [6.45, 7) is 8.19. The van der Waals surface area contributed by atoms with E-state index in [0.717, 1.165) is 11.1 Å². The van der Waals surface area contributed by atoms with Crippen LogP contribution in [0.2, 0.25) is 0 Å². The Labute approximate surface area is 131 Å². The van der Waals surface area contributed by atoms with E-state index in [1.54, 1.807) is 12.2 Å². The average molecular weight is 293 g/mol. The lowest BCUT2D eigenvalue weighted by Gasteiger charge is -1.92. The standard InChI is InChI=1S/C15H13N.C4H6O2/c1-2-3-7-15(12-13-16)11-10-14-8-5-4-6-9-14;1-3(2)4(5)6/h2-12H,1H2;1H2,2H3,(H,5,6). The zero-order chi connectivity index (χ0) is 16.8. The minimum Gasteiger partial charge on any atom is -0.478 e. The minimum atomic E-state index is -0.935. The Morgan fingerprint density at radius 3 is 2.32 bits per heavy atom. The summed E-state index contributed by atoms with van der Waals surface area (Å²) in [7, 11) is 0. The first kappa shape index (κ1) is 18.9. The van der Waals surface area contributed by atoms with Crippen molar-refractivity contribution < 1.29 is 9.90 Å². The monoisotopic (exact) mass is 293 g/mol. The second-order valence-corrected chi connectivity index (χ2v) is 4.20. The largest absolute Gasteiger partial charge is 0.478 e. The molecular formula is C19H19NO2. The number of carboxylic acids is 1. The van der Waals surface area contributed by atoms with Gasteiger partial charge < -0.3 is 5.11 Å². The van der Waals surface area contributed by atoms with Crippen LogP contribution in [0.15, 0.2) is 85.0 Å². The molecule has 0 aliphatic rings. The molecule has 0 spiro atoms. The Hall–Kier alpha value is -3.12. The molecular weight excluding hydrogens is 274 g/mol. The van der Waals surface area contributed by atoms with E-state index in [1.165, 1.54) is 13.0 Å². The maximum atomic E-state index is 9.60. The van der Waals surface area contributed by atoms with E-state index >= 15 is 0 Å². The highest BCUT2D eigenvalue weighted by atomic mass is 16.4. The van der Waals surface area contributed by atoms with E-state index in [1.807, 2.05) is 54.6 Å². The predicted octanol–water partition coefficient (Wildman–Crippen LogP) is 4.54. The van der Waals surface area contributed by atoms with Crippen LogP contribution in [0, 0.1) is 11.3 Å². The molecule has 0 radical (unpaired) electrons. The van der Waals surface area contributed by atoms with Crippen LogP contribution in [0.4, 0.5) is 0 Å². The smallest absolute Gasteiger partial charge is 0.330 e. The number of rotatable bonds is 5. The van der Waals surface area contributed by atoms with Crippen molar-refractivity contribution in [2.45, 2.75) is 6.92 Å². The number of hydrogen-bond donors (Lipinski definition) is 1. The van der Waals surface area contributed by atoms with Gasteiger partial charge in [-0.1, -0.05) is 73.9 Å². The Morgan fingerprint density at radius 1 is 1.27 bits per heavy atom. The molecule has 1 aromatic carbocycles. The van der Waals surface area contributed by atoms with Crippen LogP contribution in [0.25, 0.3) is 6.08 Å². The second kappa shape index (κ2) is 11.7. The Morgan fingerprint density at radius 2 is 1.86 bits per heavy atom. The summed E-state index contributed by atoms with van der Waals surface area (Å²) in [5.74, 6) is -0.935. The van der Waals surface area contributed by atoms with Crippen molar-refractivity contribution in [1.82, 2.24) is 0 Å². The van der Waals surface area contributed by atoms with Crippen molar-refractivity contribution in [3.8, 4) is 6.07 Å². The van der Waals surface area contributed by atoms with Crippen LogP contribution in [-0.2, 0) is 4.79 Å². The van der Waals surface area contributed by atoms with Gasteiger partial charge in [-0.2, -0.15) is 5.26 Å². The molecule has 3 heteroatoms. The van der Waals surface area contributed by atoms with Crippen molar-refractivity contribution in [3.63, 3.8) is 0 Å². The number of benzene rings is 1. The van der Waals surface area contributed by atoms with E-state index in [4.69, 9.17) is 10.4 Å². The van der Waals surface area contributed by atoms with Gasteiger partial charge in [0.05, 0.1) is 6.07 Å². The molecule has 1 N–H and O–H groups in total. The van der Waals surface area contributed by atoms with Gasteiger partial charge in [0.15, 0.2) is 0 Å². The highest BCUT2D eigenvalue weighted by Gasteiger charge is 1.90. The molecule has 0 amide bonds. The Balaban J connectivity index is 0.000000626. The summed E-state index contributed by atoms with van der Waals surface area (Å²) < 4.78 is 0. The van der Waals surface area contributed by atoms with Gasteiger partial charge in [0.2, 0.25) is 0 Å². The third kappa shape index (κ3) is 9.76. The van der Waals surface area contributed by atoms with E-state index in [9.17, 15) is 4.79 Å². The Bertz CT molecular complexity index is 617. The molecule has 22 heavy (non-hydrogen) atoms. The fraction of sp³-hybridized carbons (Fsp3) is 0.0526. The average Bonchev–Trinajstić information content (AvgIpc) is 2.51. The van der Waals surface area contributed by atoms with Gasteiger partial charge >= 0.3 is 5.97 Å². The van der Waals surface area contributed by atoms with E-state index in [-0.39, 0.29) is 5.57 Å². The first-order valence-corrected chi connectivity index (χ1v) is 6.52. The molecule has 0 unspecified atom stereocenters. The van der Waals surface area contributed by atoms with Crippen molar-refractivity contribution in [2.75, 3.05) is 0 Å². The van der Waals surface area contributed by atoms with Crippen LogP contribution in [0.5, 0.6) is 0 Å². The van der Waals surface area contributed by atoms with Gasteiger partial charge in [-0.05, 0) is 18.1 Å². The number of nitrogens with zero attached hydrogens (tertiary/aromatic N) is 1. The summed E-state index contributed by atoms with van der Waals surface area (Å²) in [4.78, 5) is 9.60. The molecule has 0 aromatic heterocycles. The molecule has 0 fully saturated rings. The van der Waals surface area contributed by atoms with Crippen LogP contribution >= 0.6 is 0 Å². The highest BCUT2D eigenvalue weighted by molar-refractivity contribution is 5.84. The number of hydrogen-bond acceptors (Lipinski definition) is 2. The van der Waals surface area contributed by atoms with Crippen molar-refractivity contribution >= 4 is 12.0 Å². The lowest BCUT2D eigenvalue weighted by Crippen LogP contribution is -1.92. The summed E-state index contributed by atoms with van der Waals surface area (Å²) in [5, 5.41) is 16.5. The maximum Gasteiger partial charge on any atom is 0.330 e. The molecule has 1 aromatic rings. The van der Waals surface area contributed by atoms with Gasteiger partial charge in [-0.15, -0.1) is 0 Å². The molecule has 0 heterocycles. The van der Waals surface area contributed by atoms with Gasteiger partial charge in [0, 0.05) is 11.6 Å². The highest BCUT2D eigenvalue weighted by Crippen LogP contribution is 2.06. The number of carbonyl (C=O) groups is 1. The molecule has 0 saturated heterocycles. The SMILES string of the molecule is C=C(C)C(=O)O.C=CC=CC(C=Cc1ccccc1)=CC#N. The lowest BCUT2D eigenvalue weighted by molar-refractivity contribution is -0.132. The van der Waals surface area contributed by atoms with Crippen molar-refractivity contribution in [1.29, 1.82) is 5.26 Å². The lowest BCUT2D eigenvalue weighted by atomic mass is 10.1. The van der Waals surface area contributed by atoms with E-state index in [0.29, 0.717) is 0 Å². The third-order valence-corrected chi connectivity index (χ3v) is 2.29. The summed E-state index contributed by atoms with van der Waals surface area (Å²) >= 11 is 0. The summed E-state index contributed by atoms with van der Waals surface area (Å²) in [6, 6.07) is 12.0. The second-order valence-electron chi connectivity index (χ2n) is 4.20. The van der Waals surface area contributed by atoms with Gasteiger partial charge in [0.1, 0.15) is 0 Å². The van der Waals surface area contributed by atoms with Gasteiger partial charge in [0.25, 0.3) is 0 Å². The van der Waals surface area contributed by atoms with Crippen molar-refractivity contribution in [3.05, 3.63) is 90.6 Å². The van der Waals surface area contributed by atoms with Crippen LogP contribution in [0.1, 0.15) is 12.5 Å². The molecule has 112 valence electrons. The molecule has 0 aliphatic carbocycles. The first-order valence-electron chi connectivity index (χ1n) is 6.52. The maximum absolute atomic E-state index is 9.60. The number of allylic oxidation sites excluding steroid dienone is 6. The molecule has 3 nitrogen and oxygen atoms in total. The van der Waals surface area contributed by atoms with E-state index < -0.39 is 5.97 Å². The zero-order valence-electron chi connectivity index (χ0n) is 12.6. The fourth-order valence-electron chi connectivity index (χ4n) is 1.16. The number of carboxylic acid groups (broad SMARTS) is 1. The van der Waals surface area contributed by atoms with Crippen LogP contribution in [-0.4, -0.2) is 11.1 Å². The number of nitriles is 1. The summed E-state index contributed by atoms with van der Waals surface area (Å²) in [5.41, 5.74) is 2.14. The minimum absolute atomic E-state index is 0.176. The fourth-order valence-corrected chi connectivity index (χ4v) is 1.16. The quantitative estimate of drug-likeness (QED) is 0.492. The summed E-state index contributed by atoms with van der Waals surface area (Å²) in [6.07, 6.45) is 10.7. The molecule has 1 rings (SSSR count).